The Morgan fingerprint density at radius 3 is 2.76 bits per heavy atom. The van der Waals surface area contributed by atoms with E-state index in [1.165, 1.54) is 11.8 Å². The number of hydrogen-bond acceptors (Lipinski definition) is 4. The third-order valence-electron chi connectivity index (χ3n) is 2.25. The number of thioether (sulfide) groups is 1. The summed E-state index contributed by atoms with van der Waals surface area (Å²) in [6, 6.07) is 1.71. The fraction of sp³-hybridized carbons (Fsp3) is 0.250. The average molecular weight is 352 g/mol. The van der Waals surface area contributed by atoms with Gasteiger partial charge in [-0.25, -0.2) is 22.3 Å². The van der Waals surface area contributed by atoms with E-state index in [1.54, 1.807) is 0 Å². The van der Waals surface area contributed by atoms with Crippen LogP contribution < -0.4 is 4.72 Å². The molecule has 0 aliphatic heterocycles. The smallest absolute Gasteiger partial charge is 0.338 e. The van der Waals surface area contributed by atoms with E-state index in [1.807, 2.05) is 0 Å². The standard InChI is InChI=1S/C12H11ClFNO4S2/c1-2-4-20-5-3-15-21(18,19)10-7-8(13)6-9(11(10)14)12(16)17/h1,6-7,15H,3-5H2,(H,16,17). The molecule has 0 atom stereocenters. The number of halogens is 2. The Bertz CT molecular complexity index is 685. The van der Waals surface area contributed by atoms with E-state index in [4.69, 9.17) is 23.1 Å². The average Bonchev–Trinajstić information content (AvgIpc) is 2.40. The van der Waals surface area contributed by atoms with Crippen molar-refractivity contribution in [1.82, 2.24) is 4.72 Å². The van der Waals surface area contributed by atoms with E-state index >= 15 is 0 Å². The summed E-state index contributed by atoms with van der Waals surface area (Å²) in [6.07, 6.45) is 5.04. The maximum atomic E-state index is 13.9. The topological polar surface area (TPSA) is 83.5 Å². The molecule has 0 saturated heterocycles. The molecule has 0 fully saturated rings. The summed E-state index contributed by atoms with van der Waals surface area (Å²) >= 11 is 6.95. The van der Waals surface area contributed by atoms with Gasteiger partial charge in [0.15, 0.2) is 5.82 Å². The molecule has 0 radical (unpaired) electrons. The molecule has 0 amide bonds. The van der Waals surface area contributed by atoms with Gasteiger partial charge in [0, 0.05) is 17.3 Å². The molecule has 0 heterocycles. The first-order chi connectivity index (χ1) is 9.79. The van der Waals surface area contributed by atoms with Gasteiger partial charge in [-0.15, -0.1) is 18.2 Å². The van der Waals surface area contributed by atoms with E-state index in [2.05, 4.69) is 10.6 Å². The second-order valence-corrected chi connectivity index (χ2v) is 7.00. The highest BCUT2D eigenvalue weighted by atomic mass is 35.5. The van der Waals surface area contributed by atoms with Crippen molar-refractivity contribution in [1.29, 1.82) is 0 Å². The van der Waals surface area contributed by atoms with Gasteiger partial charge in [0.1, 0.15) is 4.90 Å². The normalized spacial score (nSPS) is 11.1. The minimum absolute atomic E-state index is 0.0308. The molecule has 0 unspecified atom stereocenters. The third kappa shape index (κ3) is 4.89. The Kier molecular flexibility index (Phi) is 6.48. The van der Waals surface area contributed by atoms with Crippen LogP contribution in [0.2, 0.25) is 5.02 Å². The molecule has 0 bridgehead atoms. The van der Waals surface area contributed by atoms with E-state index in [-0.39, 0.29) is 11.6 Å². The Morgan fingerprint density at radius 2 is 2.19 bits per heavy atom. The SMILES string of the molecule is C#CCSCCNS(=O)(=O)c1cc(Cl)cc(C(=O)O)c1F. The molecule has 0 aromatic heterocycles. The molecule has 5 nitrogen and oxygen atoms in total. The largest absolute Gasteiger partial charge is 0.478 e. The van der Waals surface area contributed by atoms with Crippen LogP contribution in [0.5, 0.6) is 0 Å². The van der Waals surface area contributed by atoms with Crippen molar-refractivity contribution in [2.75, 3.05) is 18.1 Å². The lowest BCUT2D eigenvalue weighted by Gasteiger charge is -2.09. The van der Waals surface area contributed by atoms with Crippen LogP contribution in [0.1, 0.15) is 10.4 Å². The van der Waals surface area contributed by atoms with Gasteiger partial charge in [-0.05, 0) is 12.1 Å². The number of terminal acetylenes is 1. The third-order valence-corrected chi connectivity index (χ3v) is 4.79. The van der Waals surface area contributed by atoms with Gasteiger partial charge in [-0.2, -0.15) is 0 Å². The van der Waals surface area contributed by atoms with E-state index in [0.717, 1.165) is 12.1 Å². The lowest BCUT2D eigenvalue weighted by atomic mass is 10.2. The maximum Gasteiger partial charge on any atom is 0.338 e. The van der Waals surface area contributed by atoms with Gasteiger partial charge >= 0.3 is 5.97 Å². The summed E-state index contributed by atoms with van der Waals surface area (Å²) in [5.74, 6) is 0.252. The van der Waals surface area contributed by atoms with Gasteiger partial charge in [-0.1, -0.05) is 17.5 Å². The van der Waals surface area contributed by atoms with Crippen molar-refractivity contribution in [3.8, 4) is 12.3 Å². The summed E-state index contributed by atoms with van der Waals surface area (Å²) in [4.78, 5) is 10.1. The van der Waals surface area contributed by atoms with E-state index in [9.17, 15) is 17.6 Å². The maximum absolute atomic E-state index is 13.9. The van der Waals surface area contributed by atoms with Gasteiger partial charge in [0.05, 0.1) is 11.3 Å². The zero-order valence-corrected chi connectivity index (χ0v) is 13.0. The Hall–Kier alpha value is -1.27. The quantitative estimate of drug-likeness (QED) is 0.578. The lowest BCUT2D eigenvalue weighted by molar-refractivity contribution is 0.0691. The lowest BCUT2D eigenvalue weighted by Crippen LogP contribution is -2.27. The van der Waals surface area contributed by atoms with E-state index in [0.29, 0.717) is 11.5 Å². The monoisotopic (exact) mass is 351 g/mol. The number of carbonyl (C=O) groups is 1. The zero-order valence-electron chi connectivity index (χ0n) is 10.6. The summed E-state index contributed by atoms with van der Waals surface area (Å²) in [6.45, 7) is 0.0308. The minimum atomic E-state index is -4.19. The van der Waals surface area contributed by atoms with Crippen LogP contribution in [0.15, 0.2) is 17.0 Å². The number of carboxylic acid groups (broad SMARTS) is 1. The molecular formula is C12H11ClFNO4S2. The first-order valence-corrected chi connectivity index (χ1v) is 8.54. The summed E-state index contributed by atoms with van der Waals surface area (Å²) in [5, 5.41) is 8.63. The number of nitrogens with one attached hydrogen (secondary N) is 1. The van der Waals surface area contributed by atoms with Crippen molar-refractivity contribution in [2.24, 2.45) is 0 Å². The molecule has 2 N–H and O–H groups in total. The summed E-state index contributed by atoms with van der Waals surface area (Å²) < 4.78 is 40.0. The molecular weight excluding hydrogens is 341 g/mol. The van der Waals surface area contributed by atoms with Crippen molar-refractivity contribution in [3.05, 3.63) is 28.5 Å². The predicted molar refractivity (Wildman–Crippen MR) is 79.7 cm³/mol. The van der Waals surface area contributed by atoms with Gasteiger partial charge in [0.25, 0.3) is 0 Å². The fourth-order valence-corrected chi connectivity index (χ4v) is 3.45. The highest BCUT2D eigenvalue weighted by Gasteiger charge is 2.24. The van der Waals surface area contributed by atoms with Crippen LogP contribution >= 0.6 is 23.4 Å². The number of aromatic carboxylic acids is 1. The van der Waals surface area contributed by atoms with Gasteiger partial charge in [0.2, 0.25) is 10.0 Å². The Balaban J connectivity index is 2.98. The van der Waals surface area contributed by atoms with Gasteiger partial charge in [-0.3, -0.25) is 0 Å². The molecule has 1 aromatic carbocycles. The fourth-order valence-electron chi connectivity index (χ4n) is 1.37. The Morgan fingerprint density at radius 1 is 1.52 bits per heavy atom. The summed E-state index contributed by atoms with van der Waals surface area (Å²) in [7, 11) is -4.19. The molecule has 0 aliphatic carbocycles. The predicted octanol–water partition coefficient (Wildman–Crippen LogP) is 1.82. The van der Waals surface area contributed by atoms with Crippen molar-refractivity contribution >= 4 is 39.4 Å². The van der Waals surface area contributed by atoms with Crippen LogP contribution in [0.25, 0.3) is 0 Å². The molecule has 0 saturated carbocycles. The second kappa shape index (κ2) is 7.66. The van der Waals surface area contributed by atoms with Crippen LogP contribution in [-0.2, 0) is 10.0 Å². The van der Waals surface area contributed by atoms with Crippen LogP contribution in [0.3, 0.4) is 0 Å². The second-order valence-electron chi connectivity index (χ2n) is 3.73. The van der Waals surface area contributed by atoms with Crippen molar-refractivity contribution in [2.45, 2.75) is 4.90 Å². The van der Waals surface area contributed by atoms with Crippen LogP contribution in [0, 0.1) is 18.2 Å². The molecule has 9 heteroatoms. The van der Waals surface area contributed by atoms with Gasteiger partial charge < -0.3 is 5.11 Å². The number of benzene rings is 1. The highest BCUT2D eigenvalue weighted by Crippen LogP contribution is 2.23. The molecule has 21 heavy (non-hydrogen) atoms. The van der Waals surface area contributed by atoms with Crippen molar-refractivity contribution < 1.29 is 22.7 Å². The molecule has 0 spiro atoms. The Labute approximate surface area is 130 Å². The number of carboxylic acids is 1. The van der Waals surface area contributed by atoms with Crippen LogP contribution in [-0.4, -0.2) is 37.5 Å². The van der Waals surface area contributed by atoms with Crippen molar-refractivity contribution in [3.63, 3.8) is 0 Å². The molecule has 0 aliphatic rings. The number of hydrogen-bond donors (Lipinski definition) is 2. The van der Waals surface area contributed by atoms with Crippen LogP contribution in [0.4, 0.5) is 4.39 Å². The minimum Gasteiger partial charge on any atom is -0.478 e. The highest BCUT2D eigenvalue weighted by molar-refractivity contribution is 7.99. The molecule has 114 valence electrons. The molecule has 1 rings (SSSR count). The first-order valence-electron chi connectivity index (χ1n) is 5.53. The number of sulfonamides is 1. The summed E-state index contributed by atoms with van der Waals surface area (Å²) in [5.41, 5.74) is -0.801. The molecule has 1 aromatic rings. The van der Waals surface area contributed by atoms with E-state index < -0.39 is 32.3 Å². The first kappa shape index (κ1) is 17.8. The zero-order chi connectivity index (χ0) is 16.0. The number of rotatable bonds is 7.